The second kappa shape index (κ2) is 4.03. The van der Waals surface area contributed by atoms with E-state index >= 15 is 0 Å². The molecule has 1 N–H and O–H groups in total. The molecule has 1 aliphatic heterocycles. The quantitative estimate of drug-likeness (QED) is 0.791. The molecule has 1 saturated heterocycles. The van der Waals surface area contributed by atoms with E-state index in [0.717, 1.165) is 25.3 Å². The molecular formula is C10H12ClN5O. The van der Waals surface area contributed by atoms with Crippen LogP contribution in [0.1, 0.15) is 6.42 Å². The van der Waals surface area contributed by atoms with Gasteiger partial charge in [0.2, 0.25) is 0 Å². The molecule has 7 heteroatoms. The Bertz CT molecular complexity index is 592. The largest absolute Gasteiger partial charge is 0.356 e. The van der Waals surface area contributed by atoms with Gasteiger partial charge in [-0.15, -0.1) is 11.6 Å². The number of nitrogens with one attached hydrogen (secondary N) is 1. The molecule has 0 spiro atoms. The van der Waals surface area contributed by atoms with Crippen LogP contribution in [-0.2, 0) is 0 Å². The number of aromatic amines is 1. The predicted octanol–water partition coefficient (Wildman–Crippen LogP) is 0.483. The molecule has 0 saturated carbocycles. The fourth-order valence-electron chi connectivity index (χ4n) is 2.14. The summed E-state index contributed by atoms with van der Waals surface area (Å²) in [6.45, 7) is 1.87. The molecule has 3 heterocycles. The number of alkyl halides is 1. The molecule has 0 aromatic carbocycles. The van der Waals surface area contributed by atoms with E-state index in [0.29, 0.717) is 17.4 Å². The fraction of sp³-hybridized carbons (Fsp3) is 0.500. The van der Waals surface area contributed by atoms with Crippen LogP contribution in [0.4, 0.5) is 5.82 Å². The standard InChI is InChI=1S/C10H12ClN5O/c11-4-7-1-2-15(5-7)8-3-9-13-14-10(17)16(9)6-12-8/h3,6-7H,1-2,4-5H2,(H,14,17). The minimum absolute atomic E-state index is 0.265. The summed E-state index contributed by atoms with van der Waals surface area (Å²) in [6, 6.07) is 1.81. The van der Waals surface area contributed by atoms with Gasteiger partial charge in [-0.2, -0.15) is 5.10 Å². The average Bonchev–Trinajstić information content (AvgIpc) is 2.96. The molecule has 1 fully saturated rings. The van der Waals surface area contributed by atoms with Gasteiger partial charge in [0.1, 0.15) is 12.1 Å². The van der Waals surface area contributed by atoms with Gasteiger partial charge in [0.15, 0.2) is 5.65 Å². The van der Waals surface area contributed by atoms with Crippen molar-refractivity contribution in [2.24, 2.45) is 5.92 Å². The van der Waals surface area contributed by atoms with Gasteiger partial charge in [-0.1, -0.05) is 0 Å². The molecule has 2 aromatic rings. The molecule has 0 aliphatic carbocycles. The number of fused-ring (bicyclic) bond motifs is 1. The smallest absolute Gasteiger partial charge is 0.348 e. The topological polar surface area (TPSA) is 66.3 Å². The molecular weight excluding hydrogens is 242 g/mol. The summed E-state index contributed by atoms with van der Waals surface area (Å²) in [5.74, 6) is 2.06. The summed E-state index contributed by atoms with van der Waals surface area (Å²) < 4.78 is 1.39. The number of halogens is 1. The van der Waals surface area contributed by atoms with Gasteiger partial charge in [0.25, 0.3) is 0 Å². The van der Waals surface area contributed by atoms with Crippen molar-refractivity contribution in [1.82, 2.24) is 19.6 Å². The first-order chi connectivity index (χ1) is 8.28. The highest BCUT2D eigenvalue weighted by Crippen LogP contribution is 2.22. The molecule has 2 aromatic heterocycles. The van der Waals surface area contributed by atoms with Crippen molar-refractivity contribution in [3.63, 3.8) is 0 Å². The van der Waals surface area contributed by atoms with E-state index in [1.807, 2.05) is 6.07 Å². The number of aromatic nitrogens is 4. The molecule has 0 radical (unpaired) electrons. The molecule has 90 valence electrons. The summed E-state index contributed by atoms with van der Waals surface area (Å²) in [5.41, 5.74) is 0.327. The first-order valence-corrected chi connectivity index (χ1v) is 6.05. The van der Waals surface area contributed by atoms with Crippen molar-refractivity contribution in [3.05, 3.63) is 22.9 Å². The average molecular weight is 254 g/mol. The first-order valence-electron chi connectivity index (χ1n) is 5.51. The van der Waals surface area contributed by atoms with Crippen LogP contribution in [0.5, 0.6) is 0 Å². The lowest BCUT2D eigenvalue weighted by Crippen LogP contribution is -2.21. The highest BCUT2D eigenvalue weighted by Gasteiger charge is 2.23. The van der Waals surface area contributed by atoms with Gasteiger partial charge in [-0.25, -0.2) is 19.3 Å². The maximum Gasteiger partial charge on any atom is 0.348 e. The fourth-order valence-corrected chi connectivity index (χ4v) is 2.39. The minimum atomic E-state index is -0.265. The zero-order valence-corrected chi connectivity index (χ0v) is 9.89. The number of nitrogens with zero attached hydrogens (tertiary/aromatic N) is 4. The Morgan fingerprint density at radius 1 is 1.59 bits per heavy atom. The van der Waals surface area contributed by atoms with Crippen molar-refractivity contribution in [1.29, 1.82) is 0 Å². The van der Waals surface area contributed by atoms with Gasteiger partial charge < -0.3 is 4.90 Å². The van der Waals surface area contributed by atoms with Gasteiger partial charge in [-0.05, 0) is 12.3 Å². The van der Waals surface area contributed by atoms with Crippen LogP contribution in [0.2, 0.25) is 0 Å². The van der Waals surface area contributed by atoms with Gasteiger partial charge in [-0.3, -0.25) is 0 Å². The Kier molecular flexibility index (Phi) is 2.51. The van der Waals surface area contributed by atoms with E-state index in [9.17, 15) is 4.79 Å². The SMILES string of the molecule is O=c1[nH]nc2cc(N3CCC(CCl)C3)ncn12. The Labute approximate surface area is 102 Å². The lowest BCUT2D eigenvalue weighted by atomic mass is 10.2. The van der Waals surface area contributed by atoms with Crippen LogP contribution in [-0.4, -0.2) is 38.6 Å². The Hall–Kier alpha value is -1.56. The van der Waals surface area contributed by atoms with E-state index in [-0.39, 0.29) is 5.69 Å². The normalized spacial score (nSPS) is 20.3. The van der Waals surface area contributed by atoms with Gasteiger partial charge in [0.05, 0.1) is 0 Å². The molecule has 6 nitrogen and oxygen atoms in total. The Morgan fingerprint density at radius 3 is 3.24 bits per heavy atom. The number of hydrogen-bond donors (Lipinski definition) is 1. The summed E-state index contributed by atoms with van der Waals surface area (Å²) in [5, 5.41) is 6.31. The van der Waals surface area contributed by atoms with Crippen LogP contribution >= 0.6 is 11.6 Å². The minimum Gasteiger partial charge on any atom is -0.356 e. The van der Waals surface area contributed by atoms with E-state index in [2.05, 4.69) is 20.1 Å². The van der Waals surface area contributed by atoms with Gasteiger partial charge in [0, 0.05) is 25.0 Å². The third-order valence-corrected chi connectivity index (χ3v) is 3.56. The van der Waals surface area contributed by atoms with Crippen molar-refractivity contribution in [2.45, 2.75) is 6.42 Å². The molecule has 1 atom stereocenters. The van der Waals surface area contributed by atoms with Gasteiger partial charge >= 0.3 is 5.69 Å². The maximum atomic E-state index is 11.3. The number of H-pyrrole nitrogens is 1. The molecule has 0 bridgehead atoms. The molecule has 17 heavy (non-hydrogen) atoms. The molecule has 1 aliphatic rings. The Morgan fingerprint density at radius 2 is 2.47 bits per heavy atom. The van der Waals surface area contributed by atoms with Crippen LogP contribution < -0.4 is 10.6 Å². The van der Waals surface area contributed by atoms with E-state index < -0.39 is 0 Å². The zero-order valence-electron chi connectivity index (χ0n) is 9.14. The molecule has 3 rings (SSSR count). The zero-order chi connectivity index (χ0) is 11.8. The summed E-state index contributed by atoms with van der Waals surface area (Å²) >= 11 is 5.85. The molecule has 1 unspecified atom stereocenters. The summed E-state index contributed by atoms with van der Waals surface area (Å²) in [4.78, 5) is 17.7. The van der Waals surface area contributed by atoms with Crippen LogP contribution in [0.15, 0.2) is 17.2 Å². The highest BCUT2D eigenvalue weighted by atomic mass is 35.5. The van der Waals surface area contributed by atoms with E-state index in [4.69, 9.17) is 11.6 Å². The van der Waals surface area contributed by atoms with E-state index in [1.165, 1.54) is 10.7 Å². The monoisotopic (exact) mass is 253 g/mol. The number of anilines is 1. The third kappa shape index (κ3) is 1.78. The van der Waals surface area contributed by atoms with Crippen molar-refractivity contribution in [2.75, 3.05) is 23.9 Å². The van der Waals surface area contributed by atoms with Crippen LogP contribution in [0.25, 0.3) is 5.65 Å². The third-order valence-electron chi connectivity index (χ3n) is 3.12. The summed E-state index contributed by atoms with van der Waals surface area (Å²) in [7, 11) is 0. The van der Waals surface area contributed by atoms with Crippen molar-refractivity contribution >= 4 is 23.1 Å². The van der Waals surface area contributed by atoms with Crippen LogP contribution in [0, 0.1) is 5.92 Å². The lowest BCUT2D eigenvalue weighted by Gasteiger charge is -2.16. The summed E-state index contributed by atoms with van der Waals surface area (Å²) in [6.07, 6.45) is 2.59. The lowest BCUT2D eigenvalue weighted by molar-refractivity contribution is 0.666. The number of hydrogen-bond acceptors (Lipinski definition) is 4. The second-order valence-electron chi connectivity index (χ2n) is 4.26. The van der Waals surface area contributed by atoms with Crippen LogP contribution in [0.3, 0.4) is 0 Å². The number of rotatable bonds is 2. The van der Waals surface area contributed by atoms with E-state index in [1.54, 1.807) is 0 Å². The second-order valence-corrected chi connectivity index (χ2v) is 4.57. The predicted molar refractivity (Wildman–Crippen MR) is 64.6 cm³/mol. The maximum absolute atomic E-state index is 11.3. The first kappa shape index (κ1) is 10.6. The van der Waals surface area contributed by atoms with Crippen molar-refractivity contribution < 1.29 is 0 Å². The Balaban J connectivity index is 1.93. The highest BCUT2D eigenvalue weighted by molar-refractivity contribution is 6.18. The molecule has 0 amide bonds. The van der Waals surface area contributed by atoms with Crippen molar-refractivity contribution in [3.8, 4) is 0 Å².